The van der Waals surface area contributed by atoms with Crippen molar-refractivity contribution < 1.29 is 46.5 Å². The van der Waals surface area contributed by atoms with Crippen LogP contribution in [0.15, 0.2) is 53.9 Å². The van der Waals surface area contributed by atoms with E-state index in [2.05, 4.69) is 10.6 Å². The van der Waals surface area contributed by atoms with Crippen molar-refractivity contribution in [3.8, 4) is 22.2 Å². The highest BCUT2D eigenvalue weighted by Crippen LogP contribution is 2.46. The van der Waals surface area contributed by atoms with Gasteiger partial charge in [-0.2, -0.15) is 13.2 Å². The highest BCUT2D eigenvalue weighted by Gasteiger charge is 2.61. The summed E-state index contributed by atoms with van der Waals surface area (Å²) in [7, 11) is 1.56. The summed E-state index contributed by atoms with van der Waals surface area (Å²) in [5.74, 6) is -3.12. The summed E-state index contributed by atoms with van der Waals surface area (Å²) in [5.41, 5.74) is -0.317. The number of benzene rings is 2. The molecule has 0 radical (unpaired) electrons. The number of allylic oxidation sites excluding steroid dienone is 1. The van der Waals surface area contributed by atoms with E-state index in [4.69, 9.17) is 19.4 Å². The summed E-state index contributed by atoms with van der Waals surface area (Å²) in [6.07, 6.45) is 0.883. The predicted octanol–water partition coefficient (Wildman–Crippen LogP) is 8.27. The van der Waals surface area contributed by atoms with Gasteiger partial charge in [0.25, 0.3) is 0 Å². The van der Waals surface area contributed by atoms with Gasteiger partial charge in [0.15, 0.2) is 0 Å². The number of hydrogen-bond acceptors (Lipinski definition) is 9. The van der Waals surface area contributed by atoms with Crippen LogP contribution in [0.25, 0.3) is 21.6 Å². The van der Waals surface area contributed by atoms with Crippen LogP contribution >= 0.6 is 11.3 Å². The first kappa shape index (κ1) is 40.9. The number of rotatable bonds is 8. The van der Waals surface area contributed by atoms with Gasteiger partial charge in [-0.3, -0.25) is 9.59 Å². The SMILES string of the molecule is COc1ccc2c(O[C@@H]3C[C@H]4C(=O)N[C@]5(C(=O)O)C[C@H]5/C=C\CCCCC[C@H](Nc5ccc(F)c(C(F)(F)F)c5)C(=O)N4C3)cc(-c3nc(C(C)C)cs3)nc2c1C. The molecule has 0 unspecified atom stereocenters. The number of nitrogens with one attached hydrogen (secondary N) is 2. The number of aryl methyl sites for hydroxylation is 1. The molecule has 7 rings (SSSR count). The van der Waals surface area contributed by atoms with E-state index in [1.807, 2.05) is 44.4 Å². The minimum Gasteiger partial charge on any atom is -0.496 e. The number of anilines is 1. The van der Waals surface area contributed by atoms with Gasteiger partial charge in [0.2, 0.25) is 11.8 Å². The van der Waals surface area contributed by atoms with E-state index in [0.29, 0.717) is 64.5 Å². The molecule has 16 heteroatoms. The molecule has 4 aromatic rings. The zero-order valence-electron chi connectivity index (χ0n) is 32.5. The quantitative estimate of drug-likeness (QED) is 0.118. The number of carbonyl (C=O) groups is 3. The first-order valence-corrected chi connectivity index (χ1v) is 20.2. The molecule has 2 aliphatic heterocycles. The van der Waals surface area contributed by atoms with Crippen LogP contribution in [0.2, 0.25) is 0 Å². The minimum atomic E-state index is -4.97. The Balaban J connectivity index is 1.26. The Kier molecular flexibility index (Phi) is 11.4. The van der Waals surface area contributed by atoms with E-state index in [0.717, 1.165) is 23.7 Å². The van der Waals surface area contributed by atoms with Gasteiger partial charge in [0.1, 0.15) is 51.7 Å². The van der Waals surface area contributed by atoms with Crippen LogP contribution in [0.5, 0.6) is 11.5 Å². The number of nitrogens with zero attached hydrogens (tertiary/aromatic N) is 3. The second-order valence-corrected chi connectivity index (χ2v) is 16.4. The molecule has 2 amide bonds. The molecule has 308 valence electrons. The number of pyridine rings is 1. The van der Waals surface area contributed by atoms with E-state index >= 15 is 0 Å². The fourth-order valence-corrected chi connectivity index (χ4v) is 8.78. The third kappa shape index (κ3) is 8.20. The van der Waals surface area contributed by atoms with Gasteiger partial charge in [-0.15, -0.1) is 11.3 Å². The van der Waals surface area contributed by atoms with Crippen LogP contribution in [0.4, 0.5) is 23.2 Å². The Morgan fingerprint density at radius 1 is 1.10 bits per heavy atom. The molecule has 0 spiro atoms. The third-order valence-corrected chi connectivity index (χ3v) is 12.1. The average molecular weight is 824 g/mol. The number of methoxy groups -OCH3 is 1. The van der Waals surface area contributed by atoms with Crippen LogP contribution in [0.1, 0.15) is 81.5 Å². The summed E-state index contributed by atoms with van der Waals surface area (Å²) in [5, 5.41) is 19.2. The number of thiazole rings is 1. The second-order valence-electron chi connectivity index (χ2n) is 15.5. The highest BCUT2D eigenvalue weighted by molar-refractivity contribution is 7.13. The van der Waals surface area contributed by atoms with Gasteiger partial charge in [0.05, 0.1) is 30.4 Å². The predicted molar refractivity (Wildman–Crippen MR) is 210 cm³/mol. The van der Waals surface area contributed by atoms with Crippen molar-refractivity contribution in [3.05, 3.63) is 76.6 Å². The molecule has 2 aromatic heterocycles. The number of fused-ring (bicyclic) bond motifs is 3. The summed E-state index contributed by atoms with van der Waals surface area (Å²) in [4.78, 5) is 52.6. The Labute approximate surface area is 336 Å². The van der Waals surface area contributed by atoms with E-state index < -0.39 is 65.0 Å². The van der Waals surface area contributed by atoms with Gasteiger partial charge in [-0.25, -0.2) is 19.2 Å². The molecule has 0 bridgehead atoms. The average Bonchev–Trinajstić information content (AvgIpc) is 3.46. The normalized spacial score (nSPS) is 24.7. The van der Waals surface area contributed by atoms with Crippen molar-refractivity contribution in [2.75, 3.05) is 19.0 Å². The molecule has 2 aromatic carbocycles. The van der Waals surface area contributed by atoms with Crippen molar-refractivity contribution in [3.63, 3.8) is 0 Å². The zero-order valence-corrected chi connectivity index (χ0v) is 33.3. The standard InChI is InChI=1S/C42H45F4N5O6S/c1-22(2)32-21-58-38(49-32)31-18-35(27-13-15-34(56-4)23(3)36(27)48-31)57-26-17-33-37(52)50-41(40(54)55)19-24(41)10-8-6-5-7-9-11-30(39(53)51(33)20-26)47-25-12-14-29(43)28(16-25)42(44,45)46/h8,10,12-16,18,21-22,24,26,30,33,47H,5-7,9,11,17,19-20H2,1-4H3,(H,50,52)(H,54,55)/b10-8-/t24-,26-,30+,33+,41-/m1/s1. The lowest BCUT2D eigenvalue weighted by atomic mass is 10.0. The fraction of sp³-hybridized carbons (Fsp3) is 0.452. The topological polar surface area (TPSA) is 143 Å². The van der Waals surface area contributed by atoms with Gasteiger partial charge in [0, 0.05) is 40.4 Å². The smallest absolute Gasteiger partial charge is 0.419 e. The van der Waals surface area contributed by atoms with E-state index in [-0.39, 0.29) is 37.4 Å². The number of aliphatic carboxylic acids is 1. The number of amides is 2. The monoisotopic (exact) mass is 823 g/mol. The van der Waals surface area contributed by atoms with Gasteiger partial charge in [-0.05, 0) is 68.9 Å². The number of halogens is 4. The number of carboxylic acids is 1. The summed E-state index contributed by atoms with van der Waals surface area (Å²) >= 11 is 1.44. The Bertz CT molecular complexity index is 2260. The van der Waals surface area contributed by atoms with Gasteiger partial charge < -0.3 is 30.1 Å². The third-order valence-electron chi connectivity index (χ3n) is 11.2. The molecule has 11 nitrogen and oxygen atoms in total. The molecular weight excluding hydrogens is 779 g/mol. The van der Waals surface area contributed by atoms with E-state index in [1.165, 1.54) is 16.2 Å². The van der Waals surface area contributed by atoms with Crippen molar-refractivity contribution >= 4 is 45.7 Å². The number of carboxylic acid groups (broad SMARTS) is 1. The van der Waals surface area contributed by atoms with Crippen LogP contribution < -0.4 is 20.1 Å². The second kappa shape index (κ2) is 16.2. The fourth-order valence-electron chi connectivity index (χ4n) is 7.84. The van der Waals surface area contributed by atoms with Gasteiger partial charge in [-0.1, -0.05) is 38.8 Å². The van der Waals surface area contributed by atoms with E-state index in [9.17, 15) is 37.1 Å². The lowest BCUT2D eigenvalue weighted by molar-refractivity contribution is -0.145. The van der Waals surface area contributed by atoms with Crippen molar-refractivity contribution in [2.24, 2.45) is 5.92 Å². The Morgan fingerprint density at radius 3 is 2.60 bits per heavy atom. The first-order valence-electron chi connectivity index (χ1n) is 19.4. The molecule has 58 heavy (non-hydrogen) atoms. The first-order chi connectivity index (χ1) is 27.6. The molecule has 1 saturated heterocycles. The Morgan fingerprint density at radius 2 is 1.90 bits per heavy atom. The van der Waals surface area contributed by atoms with Crippen LogP contribution in [-0.4, -0.2) is 75.1 Å². The van der Waals surface area contributed by atoms with Crippen LogP contribution in [-0.2, 0) is 20.6 Å². The number of hydrogen-bond donors (Lipinski definition) is 3. The molecule has 5 atom stereocenters. The zero-order chi connectivity index (χ0) is 41.5. The number of carbonyl (C=O) groups excluding carboxylic acids is 2. The maximum atomic E-state index is 14.7. The minimum absolute atomic E-state index is 0.0156. The highest BCUT2D eigenvalue weighted by atomic mass is 32.1. The lowest BCUT2D eigenvalue weighted by Gasteiger charge is -2.30. The maximum absolute atomic E-state index is 14.7. The molecule has 4 heterocycles. The largest absolute Gasteiger partial charge is 0.496 e. The van der Waals surface area contributed by atoms with Crippen molar-refractivity contribution in [1.29, 1.82) is 0 Å². The number of aromatic nitrogens is 2. The Hall–Kier alpha value is -5.25. The molecule has 1 saturated carbocycles. The molecular formula is C42H45F4N5O6S. The number of alkyl halides is 3. The molecule has 3 N–H and O–H groups in total. The van der Waals surface area contributed by atoms with Crippen LogP contribution in [0.3, 0.4) is 0 Å². The lowest BCUT2D eigenvalue weighted by Crippen LogP contribution is -2.55. The van der Waals surface area contributed by atoms with Gasteiger partial charge >= 0.3 is 12.1 Å². The summed E-state index contributed by atoms with van der Waals surface area (Å²) in [6, 6.07) is 5.55. The molecule has 1 aliphatic carbocycles. The summed E-state index contributed by atoms with van der Waals surface area (Å²) < 4.78 is 67.7. The summed E-state index contributed by atoms with van der Waals surface area (Å²) in [6.45, 7) is 5.87. The van der Waals surface area contributed by atoms with Crippen LogP contribution in [0, 0.1) is 18.7 Å². The molecule has 3 aliphatic rings. The van der Waals surface area contributed by atoms with Crippen molar-refractivity contribution in [1.82, 2.24) is 20.2 Å². The number of ether oxygens (including phenoxy) is 2. The maximum Gasteiger partial charge on any atom is 0.419 e. The van der Waals surface area contributed by atoms with E-state index in [1.54, 1.807) is 19.2 Å². The van der Waals surface area contributed by atoms with Crippen molar-refractivity contribution in [2.45, 2.75) is 102 Å². The molecule has 2 fully saturated rings.